The summed E-state index contributed by atoms with van der Waals surface area (Å²) in [4.78, 5) is 19.3. The maximum Gasteiger partial charge on any atom is 0.321 e. The number of anilines is 1. The van der Waals surface area contributed by atoms with Gasteiger partial charge in [0.25, 0.3) is 0 Å². The third kappa shape index (κ3) is 3.76. The van der Waals surface area contributed by atoms with Crippen LogP contribution in [-0.4, -0.2) is 33.6 Å². The van der Waals surface area contributed by atoms with Crippen LogP contribution in [-0.2, 0) is 6.54 Å². The second kappa shape index (κ2) is 7.14. The molecule has 2 aliphatic rings. The summed E-state index contributed by atoms with van der Waals surface area (Å²) in [6.45, 7) is 6.80. The maximum absolute atomic E-state index is 12.7. The van der Waals surface area contributed by atoms with Gasteiger partial charge in [0.15, 0.2) is 0 Å². The van der Waals surface area contributed by atoms with E-state index >= 15 is 0 Å². The summed E-state index contributed by atoms with van der Waals surface area (Å²) < 4.78 is 2.31. The quantitative estimate of drug-likeness (QED) is 0.891. The number of imidazole rings is 1. The number of piperidine rings is 1. The fourth-order valence-corrected chi connectivity index (χ4v) is 3.81. The highest BCUT2D eigenvalue weighted by Gasteiger charge is 2.29. The van der Waals surface area contributed by atoms with E-state index < -0.39 is 0 Å². The second-order valence-corrected chi connectivity index (χ2v) is 7.90. The summed E-state index contributed by atoms with van der Waals surface area (Å²) in [6, 6.07) is 6.07. The van der Waals surface area contributed by atoms with E-state index in [0.717, 1.165) is 49.9 Å². The number of nitrogens with one attached hydrogen (secondary N) is 1. The van der Waals surface area contributed by atoms with Gasteiger partial charge in [0.1, 0.15) is 5.82 Å². The molecule has 1 aromatic carbocycles. The van der Waals surface area contributed by atoms with Gasteiger partial charge in [-0.1, -0.05) is 6.07 Å². The Kier molecular flexibility index (Phi) is 4.70. The number of hydrogen-bond acceptors (Lipinski definition) is 2. The Hall–Kier alpha value is -2.30. The Morgan fingerprint density at radius 3 is 2.85 bits per heavy atom. The molecule has 0 bridgehead atoms. The van der Waals surface area contributed by atoms with Crippen LogP contribution < -0.4 is 5.32 Å². The molecule has 2 fully saturated rings. The number of amides is 2. The molecule has 1 aliphatic heterocycles. The number of aromatic nitrogens is 2. The Bertz CT molecular complexity index is 793. The first kappa shape index (κ1) is 17.1. The van der Waals surface area contributed by atoms with Gasteiger partial charge in [0.05, 0.1) is 0 Å². The lowest BCUT2D eigenvalue weighted by Gasteiger charge is -2.32. The first-order chi connectivity index (χ1) is 12.6. The van der Waals surface area contributed by atoms with Crippen LogP contribution in [0.2, 0.25) is 0 Å². The molecule has 2 amide bonds. The summed E-state index contributed by atoms with van der Waals surface area (Å²) in [5, 5.41) is 3.06. The number of carbonyl (C=O) groups excluding carboxylic acids is 1. The normalized spacial score (nSPS) is 20.2. The van der Waals surface area contributed by atoms with Gasteiger partial charge in [-0.3, -0.25) is 0 Å². The highest BCUT2D eigenvalue weighted by atomic mass is 16.2. The van der Waals surface area contributed by atoms with Crippen LogP contribution in [0, 0.1) is 19.8 Å². The molecule has 138 valence electrons. The van der Waals surface area contributed by atoms with Gasteiger partial charge in [0, 0.05) is 43.6 Å². The molecule has 26 heavy (non-hydrogen) atoms. The number of rotatable bonds is 4. The van der Waals surface area contributed by atoms with Gasteiger partial charge in [-0.15, -0.1) is 0 Å². The van der Waals surface area contributed by atoms with Crippen LogP contribution in [0.5, 0.6) is 0 Å². The molecule has 2 aromatic rings. The minimum absolute atomic E-state index is 0.00162. The van der Waals surface area contributed by atoms with Gasteiger partial charge < -0.3 is 14.8 Å². The number of nitrogens with zero attached hydrogens (tertiary/aromatic N) is 3. The minimum atomic E-state index is -0.00162. The largest absolute Gasteiger partial charge is 0.334 e. The number of carbonyl (C=O) groups is 1. The molecule has 5 heteroatoms. The van der Waals surface area contributed by atoms with E-state index in [-0.39, 0.29) is 6.03 Å². The van der Waals surface area contributed by atoms with Gasteiger partial charge in [-0.2, -0.15) is 0 Å². The number of likely N-dealkylation sites (tertiary alicyclic amines) is 1. The van der Waals surface area contributed by atoms with Crippen LogP contribution in [0.3, 0.4) is 0 Å². The lowest BCUT2D eigenvalue weighted by Crippen LogP contribution is -2.42. The molecule has 1 aliphatic carbocycles. The Morgan fingerprint density at radius 2 is 2.08 bits per heavy atom. The zero-order valence-electron chi connectivity index (χ0n) is 15.7. The SMILES string of the molecule is Cc1ccc(NC(=O)N2CCC[C@@H](c3nccn3CC3CC3)C2)cc1C. The smallest absolute Gasteiger partial charge is 0.321 e. The van der Waals surface area contributed by atoms with E-state index in [4.69, 9.17) is 0 Å². The molecule has 2 heterocycles. The number of aryl methyl sites for hydroxylation is 2. The van der Waals surface area contributed by atoms with Crippen LogP contribution >= 0.6 is 0 Å². The average Bonchev–Trinajstić information content (AvgIpc) is 3.33. The first-order valence-corrected chi connectivity index (χ1v) is 9.74. The van der Waals surface area contributed by atoms with E-state index in [1.165, 1.54) is 24.0 Å². The number of benzene rings is 1. The van der Waals surface area contributed by atoms with Crippen molar-refractivity contribution in [3.05, 3.63) is 47.5 Å². The molecule has 0 spiro atoms. The minimum Gasteiger partial charge on any atom is -0.334 e. The Morgan fingerprint density at radius 1 is 1.23 bits per heavy atom. The lowest BCUT2D eigenvalue weighted by molar-refractivity contribution is 0.190. The molecule has 1 atom stereocenters. The van der Waals surface area contributed by atoms with Crippen LogP contribution in [0.4, 0.5) is 10.5 Å². The third-order valence-electron chi connectivity index (χ3n) is 5.73. The highest BCUT2D eigenvalue weighted by Crippen LogP contribution is 2.33. The monoisotopic (exact) mass is 352 g/mol. The van der Waals surface area contributed by atoms with E-state index in [0.29, 0.717) is 5.92 Å². The Labute approximate surface area is 155 Å². The summed E-state index contributed by atoms with van der Waals surface area (Å²) in [7, 11) is 0. The lowest BCUT2D eigenvalue weighted by atomic mass is 9.97. The van der Waals surface area contributed by atoms with Crippen LogP contribution in [0.25, 0.3) is 0 Å². The van der Waals surface area contributed by atoms with Gasteiger partial charge >= 0.3 is 6.03 Å². The van der Waals surface area contributed by atoms with Crippen molar-refractivity contribution in [2.24, 2.45) is 5.92 Å². The third-order valence-corrected chi connectivity index (χ3v) is 5.73. The predicted molar refractivity (Wildman–Crippen MR) is 103 cm³/mol. The van der Waals surface area contributed by atoms with Crippen LogP contribution in [0.1, 0.15) is 48.6 Å². The van der Waals surface area contributed by atoms with Crippen molar-refractivity contribution in [2.45, 2.75) is 52.0 Å². The fourth-order valence-electron chi connectivity index (χ4n) is 3.81. The fraction of sp³-hybridized carbons (Fsp3) is 0.524. The van der Waals surface area contributed by atoms with Gasteiger partial charge in [0.2, 0.25) is 0 Å². The molecular formula is C21H28N4O. The number of urea groups is 1. The van der Waals surface area contributed by atoms with Crippen molar-refractivity contribution in [1.82, 2.24) is 14.5 Å². The average molecular weight is 352 g/mol. The van der Waals surface area contributed by atoms with E-state index in [9.17, 15) is 4.79 Å². The van der Waals surface area contributed by atoms with Crippen molar-refractivity contribution >= 4 is 11.7 Å². The molecule has 1 N–H and O–H groups in total. The molecule has 0 unspecified atom stereocenters. The summed E-state index contributed by atoms with van der Waals surface area (Å²) in [6.07, 6.45) is 8.82. The van der Waals surface area contributed by atoms with Gasteiger partial charge in [-0.25, -0.2) is 9.78 Å². The topological polar surface area (TPSA) is 50.2 Å². The highest BCUT2D eigenvalue weighted by molar-refractivity contribution is 5.89. The zero-order chi connectivity index (χ0) is 18.1. The van der Waals surface area contributed by atoms with Crippen molar-refractivity contribution in [1.29, 1.82) is 0 Å². The summed E-state index contributed by atoms with van der Waals surface area (Å²) >= 11 is 0. The summed E-state index contributed by atoms with van der Waals surface area (Å²) in [5.74, 6) is 2.32. The molecule has 1 aromatic heterocycles. The number of hydrogen-bond donors (Lipinski definition) is 1. The molecule has 1 saturated heterocycles. The van der Waals surface area contributed by atoms with Crippen molar-refractivity contribution in [3.63, 3.8) is 0 Å². The molecule has 4 rings (SSSR count). The second-order valence-electron chi connectivity index (χ2n) is 7.90. The van der Waals surface area contributed by atoms with E-state index in [1.54, 1.807) is 0 Å². The van der Waals surface area contributed by atoms with E-state index in [1.807, 2.05) is 23.2 Å². The zero-order valence-corrected chi connectivity index (χ0v) is 15.7. The predicted octanol–water partition coefficient (Wildman–Crippen LogP) is 4.32. The maximum atomic E-state index is 12.7. The van der Waals surface area contributed by atoms with E-state index in [2.05, 4.69) is 41.0 Å². The summed E-state index contributed by atoms with van der Waals surface area (Å²) in [5.41, 5.74) is 3.31. The Balaban J connectivity index is 1.42. The van der Waals surface area contributed by atoms with Gasteiger partial charge in [-0.05, 0) is 68.7 Å². The molecule has 0 radical (unpaired) electrons. The molecule has 1 saturated carbocycles. The molecule has 5 nitrogen and oxygen atoms in total. The first-order valence-electron chi connectivity index (χ1n) is 9.74. The van der Waals surface area contributed by atoms with Crippen molar-refractivity contribution in [2.75, 3.05) is 18.4 Å². The standard InChI is InChI=1S/C21H28N4O/c1-15-5-8-19(12-16(15)2)23-21(26)25-10-3-4-18(14-25)20-22-9-11-24(20)13-17-6-7-17/h5,8-9,11-12,17-18H,3-4,6-7,10,13-14H2,1-2H3,(H,23,26)/t18-/m1/s1. The molecular weight excluding hydrogens is 324 g/mol. The van der Waals surface area contributed by atoms with Crippen LogP contribution in [0.15, 0.2) is 30.6 Å². The van der Waals surface area contributed by atoms with Crippen molar-refractivity contribution < 1.29 is 4.79 Å². The van der Waals surface area contributed by atoms with Crippen molar-refractivity contribution in [3.8, 4) is 0 Å².